The number of carbonyl (C=O) groups excluding carboxylic acids is 2. The molecule has 0 unspecified atom stereocenters. The van der Waals surface area contributed by atoms with Gasteiger partial charge >= 0.3 is 0 Å². The molecule has 1 rings (SSSR count). The molecule has 2 N–H and O–H groups in total. The van der Waals surface area contributed by atoms with E-state index < -0.39 is 28.0 Å². The Morgan fingerprint density at radius 1 is 1.23 bits per heavy atom. The van der Waals surface area contributed by atoms with Crippen molar-refractivity contribution < 1.29 is 23.1 Å². The van der Waals surface area contributed by atoms with Crippen LogP contribution in [0, 0.1) is 5.92 Å². The largest absolute Gasteiger partial charge is 0.548 e. The van der Waals surface area contributed by atoms with Gasteiger partial charge in [-0.15, -0.1) is 0 Å². The first-order chi connectivity index (χ1) is 10.2. The smallest absolute Gasteiger partial charge is 0.241 e. The number of nitrogens with one attached hydrogen (secondary N) is 2. The molecule has 0 spiro atoms. The summed E-state index contributed by atoms with van der Waals surface area (Å²) in [5.74, 6) is -2.14. The Bertz CT molecular complexity index is 640. The Morgan fingerprint density at radius 2 is 1.77 bits per heavy atom. The minimum atomic E-state index is -3.99. The van der Waals surface area contributed by atoms with Crippen LogP contribution < -0.4 is 15.1 Å². The molecule has 7 nitrogen and oxygen atoms in total. The molecule has 1 aromatic rings. The molecule has 8 heteroatoms. The maximum Gasteiger partial charge on any atom is 0.241 e. The van der Waals surface area contributed by atoms with E-state index in [-0.39, 0.29) is 10.8 Å². The van der Waals surface area contributed by atoms with Crippen LogP contribution >= 0.6 is 0 Å². The fourth-order valence-corrected chi connectivity index (χ4v) is 3.08. The number of hydrogen-bond donors (Lipinski definition) is 2. The summed E-state index contributed by atoms with van der Waals surface area (Å²) in [5, 5.41) is 13.6. The number of rotatable bonds is 7. The maximum atomic E-state index is 12.2. The summed E-state index contributed by atoms with van der Waals surface area (Å²) in [6, 6.07) is 4.12. The van der Waals surface area contributed by atoms with Crippen molar-refractivity contribution in [3.05, 3.63) is 24.3 Å². The third-order valence-corrected chi connectivity index (χ3v) is 4.69. The highest BCUT2D eigenvalue weighted by molar-refractivity contribution is 7.89. The van der Waals surface area contributed by atoms with E-state index in [0.29, 0.717) is 12.1 Å². The Balaban J connectivity index is 2.98. The van der Waals surface area contributed by atoms with E-state index in [1.54, 1.807) is 13.8 Å². The van der Waals surface area contributed by atoms with Gasteiger partial charge in [-0.25, -0.2) is 13.1 Å². The Labute approximate surface area is 129 Å². The second-order valence-electron chi connectivity index (χ2n) is 5.01. The molecule has 1 aromatic carbocycles. The molecular formula is C14H19N2O5S-. The number of carboxylic acid groups (broad SMARTS) is 1. The zero-order valence-electron chi connectivity index (χ0n) is 12.6. The predicted molar refractivity (Wildman–Crippen MR) is 79.3 cm³/mol. The number of carboxylic acids is 1. The van der Waals surface area contributed by atoms with Crippen LogP contribution in [-0.2, 0) is 19.6 Å². The van der Waals surface area contributed by atoms with Crippen LogP contribution in [-0.4, -0.2) is 26.3 Å². The quantitative estimate of drug-likeness (QED) is 0.736. The first-order valence-electron chi connectivity index (χ1n) is 6.78. The van der Waals surface area contributed by atoms with E-state index in [1.807, 2.05) is 0 Å². The highest BCUT2D eigenvalue weighted by Gasteiger charge is 2.24. The zero-order chi connectivity index (χ0) is 16.9. The van der Waals surface area contributed by atoms with Crippen LogP contribution in [0.25, 0.3) is 0 Å². The normalized spacial score (nSPS) is 14.1. The first kappa shape index (κ1) is 18.1. The SMILES string of the molecule is CC[C@H](C)[C@@H](NS(=O)(=O)c1ccc(NC(C)=O)cc1)C(=O)[O-]. The maximum absolute atomic E-state index is 12.2. The van der Waals surface area contributed by atoms with Crippen molar-refractivity contribution >= 4 is 27.6 Å². The molecule has 0 aliphatic rings. The van der Waals surface area contributed by atoms with E-state index in [2.05, 4.69) is 10.0 Å². The number of carbonyl (C=O) groups is 2. The lowest BCUT2D eigenvalue weighted by atomic mass is 10.0. The topological polar surface area (TPSA) is 115 Å². The fourth-order valence-electron chi connectivity index (χ4n) is 1.79. The van der Waals surface area contributed by atoms with Gasteiger partial charge in [0.2, 0.25) is 15.9 Å². The number of amides is 1. The standard InChI is InChI=1S/C14H20N2O5S/c1-4-9(2)13(14(18)19)16-22(20,21)12-7-5-11(6-8-12)15-10(3)17/h5-9,13,16H,4H2,1-3H3,(H,15,17)(H,18,19)/p-1/t9-,13+/m0/s1. The molecule has 2 atom stereocenters. The Hall–Kier alpha value is -1.93. The van der Waals surface area contributed by atoms with E-state index in [4.69, 9.17) is 0 Å². The van der Waals surface area contributed by atoms with Crippen molar-refractivity contribution in [3.8, 4) is 0 Å². The summed E-state index contributed by atoms with van der Waals surface area (Å²) in [6.07, 6.45) is 0.489. The highest BCUT2D eigenvalue weighted by atomic mass is 32.2. The number of aliphatic carboxylic acids is 1. The minimum Gasteiger partial charge on any atom is -0.548 e. The molecule has 0 saturated heterocycles. The van der Waals surface area contributed by atoms with Crippen LogP contribution in [0.4, 0.5) is 5.69 Å². The van der Waals surface area contributed by atoms with Gasteiger partial charge in [0, 0.05) is 12.6 Å². The zero-order valence-corrected chi connectivity index (χ0v) is 13.4. The van der Waals surface area contributed by atoms with Crippen LogP contribution in [0.1, 0.15) is 27.2 Å². The monoisotopic (exact) mass is 327 g/mol. The van der Waals surface area contributed by atoms with Crippen molar-refractivity contribution in [2.75, 3.05) is 5.32 Å². The van der Waals surface area contributed by atoms with Crippen molar-refractivity contribution in [2.24, 2.45) is 5.92 Å². The fraction of sp³-hybridized carbons (Fsp3) is 0.429. The van der Waals surface area contributed by atoms with Crippen molar-refractivity contribution in [2.45, 2.75) is 38.1 Å². The summed E-state index contributed by atoms with van der Waals surface area (Å²) in [5.41, 5.74) is 0.449. The van der Waals surface area contributed by atoms with E-state index in [0.717, 1.165) is 0 Å². The van der Waals surface area contributed by atoms with Gasteiger partial charge in [-0.1, -0.05) is 20.3 Å². The van der Waals surface area contributed by atoms with Crippen LogP contribution in [0.3, 0.4) is 0 Å². The first-order valence-corrected chi connectivity index (χ1v) is 8.26. The Morgan fingerprint density at radius 3 is 2.18 bits per heavy atom. The number of benzene rings is 1. The van der Waals surface area contributed by atoms with Crippen molar-refractivity contribution in [1.29, 1.82) is 0 Å². The molecule has 0 aliphatic carbocycles. The number of hydrogen-bond acceptors (Lipinski definition) is 5. The summed E-state index contributed by atoms with van der Waals surface area (Å²) in [4.78, 5) is 21.9. The van der Waals surface area contributed by atoms with Gasteiger partial charge < -0.3 is 15.2 Å². The average molecular weight is 327 g/mol. The number of anilines is 1. The minimum absolute atomic E-state index is 0.0869. The third-order valence-electron chi connectivity index (χ3n) is 3.23. The molecule has 22 heavy (non-hydrogen) atoms. The summed E-state index contributed by atoms with van der Waals surface area (Å²) in [7, 11) is -3.99. The average Bonchev–Trinajstić information content (AvgIpc) is 2.43. The molecule has 1 amide bonds. The van der Waals surface area contributed by atoms with Crippen LogP contribution in [0.15, 0.2) is 29.2 Å². The van der Waals surface area contributed by atoms with Gasteiger partial charge in [0.25, 0.3) is 0 Å². The molecule has 0 saturated carbocycles. The molecule has 0 aliphatic heterocycles. The second-order valence-corrected chi connectivity index (χ2v) is 6.72. The highest BCUT2D eigenvalue weighted by Crippen LogP contribution is 2.16. The van der Waals surface area contributed by atoms with E-state index in [1.165, 1.54) is 31.2 Å². The van der Waals surface area contributed by atoms with Crippen LogP contribution in [0.5, 0.6) is 0 Å². The number of sulfonamides is 1. The summed E-state index contributed by atoms with van der Waals surface area (Å²) in [6.45, 7) is 4.72. The third kappa shape index (κ3) is 4.81. The second kappa shape index (κ2) is 7.37. The molecule has 0 fully saturated rings. The summed E-state index contributed by atoms with van der Waals surface area (Å²) < 4.78 is 26.6. The molecular weight excluding hydrogens is 308 g/mol. The van der Waals surface area contributed by atoms with E-state index in [9.17, 15) is 23.1 Å². The van der Waals surface area contributed by atoms with Gasteiger partial charge in [0.15, 0.2) is 0 Å². The summed E-state index contributed by atoms with van der Waals surface area (Å²) >= 11 is 0. The molecule has 0 bridgehead atoms. The lowest BCUT2D eigenvalue weighted by Crippen LogP contribution is -2.51. The molecule has 122 valence electrons. The van der Waals surface area contributed by atoms with E-state index >= 15 is 0 Å². The van der Waals surface area contributed by atoms with Gasteiger partial charge in [-0.2, -0.15) is 0 Å². The Kier molecular flexibility index (Phi) is 6.07. The predicted octanol–water partition coefficient (Wildman–Crippen LogP) is 0.0879. The van der Waals surface area contributed by atoms with Gasteiger partial charge in [-0.05, 0) is 30.2 Å². The molecule has 0 heterocycles. The lowest BCUT2D eigenvalue weighted by Gasteiger charge is -2.24. The van der Waals surface area contributed by atoms with Crippen molar-refractivity contribution in [3.63, 3.8) is 0 Å². The van der Waals surface area contributed by atoms with Gasteiger partial charge in [0.1, 0.15) is 0 Å². The van der Waals surface area contributed by atoms with Crippen molar-refractivity contribution in [1.82, 2.24) is 4.72 Å². The lowest BCUT2D eigenvalue weighted by molar-refractivity contribution is -0.309. The van der Waals surface area contributed by atoms with Crippen LogP contribution in [0.2, 0.25) is 0 Å². The molecule has 0 aromatic heterocycles. The molecule has 0 radical (unpaired) electrons. The van der Waals surface area contributed by atoms with Gasteiger partial charge in [0.05, 0.1) is 16.9 Å². The van der Waals surface area contributed by atoms with Gasteiger partial charge in [-0.3, -0.25) is 4.79 Å².